The molecule has 1 fully saturated rings. The van der Waals surface area contributed by atoms with Gasteiger partial charge in [0.15, 0.2) is 0 Å². The largest absolute Gasteiger partial charge is 0.481 e. The lowest BCUT2D eigenvalue weighted by atomic mass is 10.2. The number of carboxylic acids is 1. The van der Waals surface area contributed by atoms with E-state index in [-0.39, 0.29) is 33.3 Å². The Labute approximate surface area is 197 Å². The molecule has 1 aromatic carbocycles. The van der Waals surface area contributed by atoms with Crippen LogP contribution in [0.25, 0.3) is 11.7 Å². The first kappa shape index (κ1) is 22.3. The van der Waals surface area contributed by atoms with Gasteiger partial charge in [-0.1, -0.05) is 60.0 Å². The van der Waals surface area contributed by atoms with Crippen LogP contribution >= 0.6 is 35.7 Å². The molecule has 1 N–H and O–H groups in total. The van der Waals surface area contributed by atoms with Crippen LogP contribution in [0.15, 0.2) is 68.3 Å². The van der Waals surface area contributed by atoms with Gasteiger partial charge >= 0.3 is 5.97 Å². The Morgan fingerprint density at radius 2 is 1.97 bits per heavy atom. The van der Waals surface area contributed by atoms with Gasteiger partial charge in [-0.15, -0.1) is 0 Å². The van der Waals surface area contributed by atoms with E-state index in [0.717, 1.165) is 22.2 Å². The second-order valence-electron chi connectivity index (χ2n) is 6.91. The zero-order valence-electron chi connectivity index (χ0n) is 16.8. The van der Waals surface area contributed by atoms with Crippen molar-refractivity contribution in [3.8, 4) is 0 Å². The van der Waals surface area contributed by atoms with E-state index >= 15 is 0 Å². The van der Waals surface area contributed by atoms with E-state index in [1.165, 1.54) is 27.1 Å². The van der Waals surface area contributed by atoms with Crippen molar-refractivity contribution in [2.75, 3.05) is 6.54 Å². The summed E-state index contributed by atoms with van der Waals surface area (Å²) in [5, 5.41) is 9.40. The van der Waals surface area contributed by atoms with Gasteiger partial charge in [-0.2, -0.15) is 0 Å². The minimum absolute atomic E-state index is 0.0168. The molecule has 3 aromatic rings. The molecule has 0 bridgehead atoms. The van der Waals surface area contributed by atoms with E-state index < -0.39 is 11.9 Å². The van der Waals surface area contributed by atoms with Crippen LogP contribution in [0.3, 0.4) is 0 Å². The van der Waals surface area contributed by atoms with Crippen LogP contribution in [0, 0.1) is 6.92 Å². The van der Waals surface area contributed by atoms with Gasteiger partial charge in [0.2, 0.25) is 0 Å². The number of hydrogen-bond donors (Lipinski definition) is 1. The number of fused-ring (bicyclic) bond motifs is 1. The molecule has 7 nitrogen and oxygen atoms in total. The van der Waals surface area contributed by atoms with Crippen molar-refractivity contribution >= 4 is 63.7 Å². The SMILES string of the molecule is Cc1cccn2c(=O)c(/C=C3/SC(=S)N(CCC(=O)O)C3=O)c(Sc3ccccc3)nc12. The zero-order valence-corrected chi connectivity index (χ0v) is 19.3. The van der Waals surface area contributed by atoms with E-state index in [1.807, 2.05) is 43.3 Å². The Balaban J connectivity index is 1.82. The smallest absolute Gasteiger partial charge is 0.305 e. The molecule has 0 saturated carbocycles. The number of rotatable bonds is 6. The van der Waals surface area contributed by atoms with Crippen LogP contribution in [0.5, 0.6) is 0 Å². The molecule has 1 amide bonds. The number of thioether (sulfide) groups is 1. The van der Waals surface area contributed by atoms with E-state index in [1.54, 1.807) is 12.3 Å². The van der Waals surface area contributed by atoms with Crippen molar-refractivity contribution in [3.63, 3.8) is 0 Å². The first-order valence-corrected chi connectivity index (χ1v) is 11.6. The number of pyridine rings is 1. The molecule has 0 spiro atoms. The molecule has 162 valence electrons. The summed E-state index contributed by atoms with van der Waals surface area (Å²) >= 11 is 7.65. The van der Waals surface area contributed by atoms with E-state index in [0.29, 0.717) is 10.7 Å². The third-order valence-electron chi connectivity index (χ3n) is 4.71. The van der Waals surface area contributed by atoms with Gasteiger partial charge in [0.1, 0.15) is 15.0 Å². The number of carbonyl (C=O) groups excluding carboxylic acids is 1. The van der Waals surface area contributed by atoms with Crippen molar-refractivity contribution in [2.45, 2.75) is 23.3 Å². The molecule has 10 heteroatoms. The van der Waals surface area contributed by atoms with Gasteiger partial charge in [0.05, 0.1) is 16.9 Å². The Kier molecular flexibility index (Phi) is 6.45. The topological polar surface area (TPSA) is 92.0 Å². The van der Waals surface area contributed by atoms with Crippen LogP contribution in [-0.4, -0.2) is 42.1 Å². The molecule has 0 aliphatic carbocycles. The molecule has 1 aliphatic rings. The average molecular weight is 484 g/mol. The first-order valence-electron chi connectivity index (χ1n) is 9.57. The van der Waals surface area contributed by atoms with E-state index in [9.17, 15) is 14.4 Å². The third-order valence-corrected chi connectivity index (χ3v) is 7.10. The maximum atomic E-state index is 13.4. The Morgan fingerprint density at radius 3 is 2.69 bits per heavy atom. The number of aryl methyl sites for hydroxylation is 1. The summed E-state index contributed by atoms with van der Waals surface area (Å²) in [6, 6.07) is 13.2. The molecule has 1 aliphatic heterocycles. The fourth-order valence-corrected chi connectivity index (χ4v) is 5.32. The molecule has 32 heavy (non-hydrogen) atoms. The number of carboxylic acid groups (broad SMARTS) is 1. The molecule has 0 radical (unpaired) electrons. The summed E-state index contributed by atoms with van der Waals surface area (Å²) < 4.78 is 1.73. The highest BCUT2D eigenvalue weighted by atomic mass is 32.2. The number of benzene rings is 1. The normalized spacial score (nSPS) is 15.2. The van der Waals surface area contributed by atoms with Gasteiger partial charge in [0.25, 0.3) is 11.5 Å². The van der Waals surface area contributed by atoms with Gasteiger partial charge in [-0.3, -0.25) is 23.7 Å². The number of aliphatic carboxylic acids is 1. The first-order chi connectivity index (χ1) is 15.3. The lowest BCUT2D eigenvalue weighted by Gasteiger charge is -2.12. The van der Waals surface area contributed by atoms with Crippen molar-refractivity contribution in [3.05, 3.63) is 75.0 Å². The number of hydrogen-bond acceptors (Lipinski definition) is 7. The minimum Gasteiger partial charge on any atom is -0.481 e. The summed E-state index contributed by atoms with van der Waals surface area (Å²) in [5.41, 5.74) is 1.38. The van der Waals surface area contributed by atoms with Gasteiger partial charge in [-0.05, 0) is 36.8 Å². The summed E-state index contributed by atoms with van der Waals surface area (Å²) in [7, 11) is 0. The van der Waals surface area contributed by atoms with E-state index in [4.69, 9.17) is 22.3 Å². The standard InChI is InChI=1S/C22H17N3O4S3/c1-13-6-5-10-24-18(13)23-19(31-14-7-3-2-4-8-14)15(20(24)28)12-16-21(29)25(22(30)32-16)11-9-17(26)27/h2-8,10,12H,9,11H2,1H3,(H,26,27)/b16-12+. The summed E-state index contributed by atoms with van der Waals surface area (Å²) in [6.07, 6.45) is 2.94. The summed E-state index contributed by atoms with van der Waals surface area (Å²) in [4.78, 5) is 44.3. The molecule has 4 rings (SSSR count). The fourth-order valence-electron chi connectivity index (χ4n) is 3.12. The predicted molar refractivity (Wildman–Crippen MR) is 129 cm³/mol. The van der Waals surface area contributed by atoms with Crippen LogP contribution in [0.1, 0.15) is 17.5 Å². The molecule has 0 unspecified atom stereocenters. The number of nitrogens with zero attached hydrogens (tertiary/aromatic N) is 3. The lowest BCUT2D eigenvalue weighted by molar-refractivity contribution is -0.137. The van der Waals surface area contributed by atoms with E-state index in [2.05, 4.69) is 0 Å². The molecule has 3 heterocycles. The van der Waals surface area contributed by atoms with Crippen LogP contribution < -0.4 is 5.56 Å². The second-order valence-corrected chi connectivity index (χ2v) is 9.65. The van der Waals surface area contributed by atoms with Crippen LogP contribution in [-0.2, 0) is 9.59 Å². The highest BCUT2D eigenvalue weighted by Crippen LogP contribution is 2.35. The van der Waals surface area contributed by atoms with Gasteiger partial charge in [-0.25, -0.2) is 4.98 Å². The van der Waals surface area contributed by atoms with Crippen molar-refractivity contribution in [2.24, 2.45) is 0 Å². The second kappa shape index (κ2) is 9.27. The molecule has 0 atom stereocenters. The van der Waals surface area contributed by atoms with Crippen molar-refractivity contribution < 1.29 is 14.7 Å². The average Bonchev–Trinajstić information content (AvgIpc) is 3.03. The number of amides is 1. The monoisotopic (exact) mass is 483 g/mol. The zero-order chi connectivity index (χ0) is 22.8. The molecule has 1 saturated heterocycles. The number of thiocarbonyl (C=S) groups is 1. The van der Waals surface area contributed by atoms with Crippen LogP contribution in [0.2, 0.25) is 0 Å². The van der Waals surface area contributed by atoms with Crippen LogP contribution in [0.4, 0.5) is 0 Å². The quantitative estimate of drug-likeness (QED) is 0.321. The third kappa shape index (κ3) is 4.47. The summed E-state index contributed by atoms with van der Waals surface area (Å²) in [6.45, 7) is 1.86. The maximum absolute atomic E-state index is 13.4. The van der Waals surface area contributed by atoms with Gasteiger partial charge in [0, 0.05) is 17.6 Å². The molecular weight excluding hydrogens is 466 g/mol. The number of aromatic nitrogens is 2. The van der Waals surface area contributed by atoms with Crippen molar-refractivity contribution in [1.82, 2.24) is 14.3 Å². The summed E-state index contributed by atoms with van der Waals surface area (Å²) in [5.74, 6) is -1.43. The highest BCUT2D eigenvalue weighted by Gasteiger charge is 2.32. The predicted octanol–water partition coefficient (Wildman–Crippen LogP) is 3.83. The highest BCUT2D eigenvalue weighted by molar-refractivity contribution is 8.26. The maximum Gasteiger partial charge on any atom is 0.305 e. The molecule has 2 aromatic heterocycles. The lowest BCUT2D eigenvalue weighted by Crippen LogP contribution is -2.30. The Morgan fingerprint density at radius 1 is 1.22 bits per heavy atom. The minimum atomic E-state index is -1.02. The van der Waals surface area contributed by atoms with Gasteiger partial charge < -0.3 is 5.11 Å². The fraction of sp³-hybridized carbons (Fsp3) is 0.136. The number of carbonyl (C=O) groups is 2. The van der Waals surface area contributed by atoms with Crippen molar-refractivity contribution in [1.29, 1.82) is 0 Å². The Bertz CT molecular complexity index is 1340. The Hall–Kier alpha value is -2.95. The molecular formula is C22H17N3O4S3.